The zero-order valence-corrected chi connectivity index (χ0v) is 18.4. The predicted molar refractivity (Wildman–Crippen MR) is 123 cm³/mol. The van der Waals surface area contributed by atoms with Gasteiger partial charge in [0, 0.05) is 24.8 Å². The van der Waals surface area contributed by atoms with Crippen LogP contribution in [-0.2, 0) is 10.2 Å². The SMILES string of the molecule is CC1(C)CC(CCN(/C=C2\C=CC=CC2)C(=O)c2ccco2)(c2ccccc2)CCO1. The van der Waals surface area contributed by atoms with Crippen LogP contribution in [0.2, 0.25) is 0 Å². The number of rotatable bonds is 6. The molecule has 1 aliphatic heterocycles. The second-order valence-corrected chi connectivity index (χ2v) is 9.10. The number of hydrogen-bond donors (Lipinski definition) is 0. The maximum absolute atomic E-state index is 13.2. The maximum atomic E-state index is 13.2. The Balaban J connectivity index is 1.62. The van der Waals surface area contributed by atoms with E-state index in [2.05, 4.69) is 56.3 Å². The number of nitrogens with zero attached hydrogens (tertiary/aromatic N) is 1. The molecule has 2 heterocycles. The van der Waals surface area contributed by atoms with Gasteiger partial charge in [-0.3, -0.25) is 4.79 Å². The zero-order chi connectivity index (χ0) is 21.7. The van der Waals surface area contributed by atoms with E-state index in [4.69, 9.17) is 9.15 Å². The number of amides is 1. The Morgan fingerprint density at radius 1 is 1.13 bits per heavy atom. The largest absolute Gasteiger partial charge is 0.459 e. The van der Waals surface area contributed by atoms with E-state index in [9.17, 15) is 4.79 Å². The highest BCUT2D eigenvalue weighted by Gasteiger charge is 2.42. The van der Waals surface area contributed by atoms with Crippen molar-refractivity contribution in [2.45, 2.75) is 50.5 Å². The van der Waals surface area contributed by atoms with Crippen LogP contribution in [0, 0.1) is 0 Å². The first kappa shape index (κ1) is 21.4. The van der Waals surface area contributed by atoms with E-state index >= 15 is 0 Å². The van der Waals surface area contributed by atoms with E-state index in [-0.39, 0.29) is 16.9 Å². The van der Waals surface area contributed by atoms with E-state index < -0.39 is 0 Å². The summed E-state index contributed by atoms with van der Waals surface area (Å²) in [6.45, 7) is 5.67. The molecule has 1 atom stereocenters. The summed E-state index contributed by atoms with van der Waals surface area (Å²) < 4.78 is 11.5. The highest BCUT2D eigenvalue weighted by atomic mass is 16.5. The van der Waals surface area contributed by atoms with Gasteiger partial charge in [-0.1, -0.05) is 54.6 Å². The van der Waals surface area contributed by atoms with Crippen molar-refractivity contribution in [3.05, 3.63) is 96.1 Å². The topological polar surface area (TPSA) is 42.7 Å². The predicted octanol–water partition coefficient (Wildman–Crippen LogP) is 6.04. The molecule has 4 rings (SSSR count). The number of ether oxygens (including phenoxy) is 1. The average molecular weight is 418 g/mol. The van der Waals surface area contributed by atoms with Crippen LogP contribution >= 0.6 is 0 Å². The van der Waals surface area contributed by atoms with Crippen LogP contribution in [0.3, 0.4) is 0 Å². The number of allylic oxidation sites excluding steroid dienone is 5. The third-order valence-electron chi connectivity index (χ3n) is 6.28. The molecule has 162 valence electrons. The van der Waals surface area contributed by atoms with E-state index in [0.717, 1.165) is 37.9 Å². The highest BCUT2D eigenvalue weighted by molar-refractivity contribution is 5.92. The molecule has 31 heavy (non-hydrogen) atoms. The van der Waals surface area contributed by atoms with Gasteiger partial charge in [0.25, 0.3) is 5.91 Å². The van der Waals surface area contributed by atoms with Gasteiger partial charge in [-0.15, -0.1) is 0 Å². The molecule has 1 aromatic heterocycles. The molecular weight excluding hydrogens is 386 g/mol. The lowest BCUT2D eigenvalue weighted by Crippen LogP contribution is -2.45. The average Bonchev–Trinajstić information content (AvgIpc) is 3.32. The van der Waals surface area contributed by atoms with Crippen LogP contribution in [0.4, 0.5) is 0 Å². The summed E-state index contributed by atoms with van der Waals surface area (Å²) in [6.07, 6.45) is 15.3. The van der Waals surface area contributed by atoms with E-state index in [1.54, 1.807) is 18.4 Å². The van der Waals surface area contributed by atoms with Crippen LogP contribution in [0.5, 0.6) is 0 Å². The van der Waals surface area contributed by atoms with Crippen molar-refractivity contribution in [1.82, 2.24) is 4.90 Å². The number of furan rings is 1. The zero-order valence-electron chi connectivity index (χ0n) is 18.4. The van der Waals surface area contributed by atoms with Crippen molar-refractivity contribution in [2.24, 2.45) is 0 Å². The summed E-state index contributed by atoms with van der Waals surface area (Å²) in [5.74, 6) is 0.267. The van der Waals surface area contributed by atoms with Gasteiger partial charge >= 0.3 is 0 Å². The van der Waals surface area contributed by atoms with Crippen molar-refractivity contribution in [3.63, 3.8) is 0 Å². The van der Waals surface area contributed by atoms with Crippen LogP contribution < -0.4 is 0 Å². The molecule has 0 saturated carbocycles. The Labute approximate surface area is 184 Å². The molecule has 1 aliphatic carbocycles. The molecular formula is C27H31NO3. The maximum Gasteiger partial charge on any atom is 0.293 e. The first-order chi connectivity index (χ1) is 15.0. The number of benzene rings is 1. The number of carbonyl (C=O) groups excluding carboxylic acids is 1. The van der Waals surface area contributed by atoms with Crippen LogP contribution in [0.25, 0.3) is 0 Å². The number of hydrogen-bond acceptors (Lipinski definition) is 3. The molecule has 1 aromatic carbocycles. The Hall–Kier alpha value is -2.85. The standard InChI is InChI=1S/C27H31NO3/c1-26(2)21-27(16-19-31-26,23-12-7-4-8-13-23)15-17-28(20-22-10-5-3-6-11-22)25(29)24-14-9-18-30-24/h3-10,12-14,18,20H,11,15-17,19,21H2,1-2H3/b22-20+. The lowest BCUT2D eigenvalue weighted by atomic mass is 9.67. The van der Waals surface area contributed by atoms with Crippen LogP contribution in [-0.4, -0.2) is 29.6 Å². The van der Waals surface area contributed by atoms with Gasteiger partial charge in [0.15, 0.2) is 5.76 Å². The third-order valence-corrected chi connectivity index (χ3v) is 6.28. The number of carbonyl (C=O) groups is 1. The van der Waals surface area contributed by atoms with Crippen LogP contribution in [0.1, 0.15) is 55.6 Å². The molecule has 1 unspecified atom stereocenters. The van der Waals surface area contributed by atoms with E-state index in [1.807, 2.05) is 23.3 Å². The fourth-order valence-corrected chi connectivity index (χ4v) is 4.80. The summed E-state index contributed by atoms with van der Waals surface area (Å²) in [6, 6.07) is 14.2. The molecule has 4 heteroatoms. The molecule has 1 amide bonds. The van der Waals surface area contributed by atoms with Gasteiger partial charge in [-0.05, 0) is 62.8 Å². The van der Waals surface area contributed by atoms with Gasteiger partial charge in [0.05, 0.1) is 11.9 Å². The fourth-order valence-electron chi connectivity index (χ4n) is 4.80. The quantitative estimate of drug-likeness (QED) is 0.575. The summed E-state index contributed by atoms with van der Waals surface area (Å²) in [5, 5.41) is 0. The van der Waals surface area contributed by atoms with Crippen molar-refractivity contribution in [1.29, 1.82) is 0 Å². The molecule has 4 nitrogen and oxygen atoms in total. The monoisotopic (exact) mass is 417 g/mol. The van der Waals surface area contributed by atoms with Crippen molar-refractivity contribution >= 4 is 5.91 Å². The van der Waals surface area contributed by atoms with E-state index in [0.29, 0.717) is 12.3 Å². The minimum absolute atomic E-state index is 0.0362. The normalized spacial score (nSPS) is 23.7. The summed E-state index contributed by atoms with van der Waals surface area (Å²) in [4.78, 5) is 15.1. The Bertz CT molecular complexity index is 969. The molecule has 0 bridgehead atoms. The molecule has 2 aliphatic rings. The Kier molecular flexibility index (Phi) is 6.28. The van der Waals surface area contributed by atoms with Gasteiger partial charge in [0.1, 0.15) is 0 Å². The van der Waals surface area contributed by atoms with Crippen molar-refractivity contribution in [3.8, 4) is 0 Å². The molecule has 2 aromatic rings. The molecule has 1 fully saturated rings. The smallest absolute Gasteiger partial charge is 0.293 e. The van der Waals surface area contributed by atoms with Gasteiger partial charge in [-0.25, -0.2) is 0 Å². The van der Waals surface area contributed by atoms with Gasteiger partial charge in [0.2, 0.25) is 0 Å². The molecule has 0 N–H and O–H groups in total. The van der Waals surface area contributed by atoms with Gasteiger partial charge in [-0.2, -0.15) is 0 Å². The Morgan fingerprint density at radius 2 is 1.97 bits per heavy atom. The first-order valence-corrected chi connectivity index (χ1v) is 11.1. The van der Waals surface area contributed by atoms with Gasteiger partial charge < -0.3 is 14.1 Å². The second-order valence-electron chi connectivity index (χ2n) is 9.10. The lowest BCUT2D eigenvalue weighted by Gasteiger charge is -2.46. The molecule has 0 radical (unpaired) electrons. The lowest BCUT2D eigenvalue weighted by molar-refractivity contribution is -0.0846. The fraction of sp³-hybridized carbons (Fsp3) is 0.370. The summed E-state index contributed by atoms with van der Waals surface area (Å²) >= 11 is 0. The minimum atomic E-state index is -0.195. The minimum Gasteiger partial charge on any atom is -0.459 e. The Morgan fingerprint density at radius 3 is 2.65 bits per heavy atom. The first-order valence-electron chi connectivity index (χ1n) is 11.1. The molecule has 0 spiro atoms. The van der Waals surface area contributed by atoms with E-state index in [1.165, 1.54) is 5.56 Å². The molecule has 1 saturated heterocycles. The summed E-state index contributed by atoms with van der Waals surface area (Å²) in [7, 11) is 0. The van der Waals surface area contributed by atoms with Crippen molar-refractivity contribution < 1.29 is 13.9 Å². The second kappa shape index (κ2) is 9.11. The third kappa shape index (κ3) is 5.08. The highest BCUT2D eigenvalue weighted by Crippen LogP contribution is 2.44. The summed E-state index contributed by atoms with van der Waals surface area (Å²) in [5.41, 5.74) is 2.21. The van der Waals surface area contributed by atoms with Crippen LogP contribution in [0.15, 0.2) is 89.2 Å². The van der Waals surface area contributed by atoms with Crippen molar-refractivity contribution in [2.75, 3.05) is 13.2 Å².